The number of amides is 1. The van der Waals surface area contributed by atoms with E-state index in [1.165, 1.54) is 52.8 Å². The number of hydrogen-bond donors (Lipinski definition) is 2. The topological polar surface area (TPSA) is 122 Å². The number of Topliss-reactive ketones (excluding diaryl/α,β-unsaturated/α-hetero) is 1. The average Bonchev–Trinajstić information content (AvgIpc) is 3.65. The summed E-state index contributed by atoms with van der Waals surface area (Å²) in [4.78, 5) is 28.5. The number of aromatic nitrogens is 2. The molecule has 4 aromatic carbocycles. The first-order valence-electron chi connectivity index (χ1n) is 14.7. The Balaban J connectivity index is 1.33. The highest BCUT2D eigenvalue weighted by molar-refractivity contribution is 8.00. The van der Waals surface area contributed by atoms with Gasteiger partial charge in [0.05, 0.1) is 18.7 Å². The Morgan fingerprint density at radius 3 is 2.43 bits per heavy atom. The molecule has 1 aromatic heterocycles. The van der Waals surface area contributed by atoms with Crippen LogP contribution in [0, 0.1) is 13.8 Å². The summed E-state index contributed by atoms with van der Waals surface area (Å²) in [6.45, 7) is 4.42. The smallest absolute Gasteiger partial charge is 0.301 e. The van der Waals surface area contributed by atoms with Crippen molar-refractivity contribution in [1.82, 2.24) is 10.2 Å². The monoisotopic (exact) mass is 665 g/mol. The van der Waals surface area contributed by atoms with E-state index >= 15 is 0 Å². The number of ether oxygens (including phenoxy) is 2. The van der Waals surface area contributed by atoms with Crippen LogP contribution in [0.15, 0.2) is 101 Å². The first-order chi connectivity index (χ1) is 22.7. The van der Waals surface area contributed by atoms with Gasteiger partial charge < -0.3 is 19.7 Å². The van der Waals surface area contributed by atoms with Crippen LogP contribution in [0.2, 0.25) is 0 Å². The highest BCUT2D eigenvalue weighted by atomic mass is 32.2. The SMILES string of the molecule is COc1cc(C2/C(=C(\O)c3ccc(OCc4ccccc4C)cc3)C(=O)C(=O)N2c2nnc(SCc3ccc(C)cc3)s2)ccc1O. The summed E-state index contributed by atoms with van der Waals surface area (Å²) in [5.74, 6) is -0.815. The Labute approximate surface area is 280 Å². The van der Waals surface area contributed by atoms with Gasteiger partial charge in [-0.15, -0.1) is 10.2 Å². The van der Waals surface area contributed by atoms with Crippen LogP contribution in [-0.2, 0) is 21.9 Å². The highest BCUT2D eigenvalue weighted by Gasteiger charge is 2.48. The van der Waals surface area contributed by atoms with Gasteiger partial charge >= 0.3 is 5.91 Å². The molecule has 0 spiro atoms. The third-order valence-corrected chi connectivity index (χ3v) is 9.96. The van der Waals surface area contributed by atoms with Crippen LogP contribution in [0.25, 0.3) is 5.76 Å². The number of ketones is 1. The zero-order valence-electron chi connectivity index (χ0n) is 25.8. The Bertz CT molecular complexity index is 1970. The summed E-state index contributed by atoms with van der Waals surface area (Å²) < 4.78 is 11.9. The summed E-state index contributed by atoms with van der Waals surface area (Å²) in [5.41, 5.74) is 5.08. The molecule has 5 aromatic rings. The number of rotatable bonds is 10. The van der Waals surface area contributed by atoms with E-state index < -0.39 is 17.7 Å². The average molecular weight is 666 g/mol. The molecule has 1 fully saturated rings. The lowest BCUT2D eigenvalue weighted by Gasteiger charge is -2.23. The number of aryl methyl sites for hydroxylation is 2. The molecule has 1 unspecified atom stereocenters. The zero-order valence-corrected chi connectivity index (χ0v) is 27.5. The maximum absolute atomic E-state index is 13.6. The first-order valence-corrected chi connectivity index (χ1v) is 16.5. The lowest BCUT2D eigenvalue weighted by atomic mass is 9.95. The lowest BCUT2D eigenvalue weighted by Crippen LogP contribution is -2.29. The number of methoxy groups -OCH3 is 1. The van der Waals surface area contributed by atoms with E-state index in [2.05, 4.69) is 10.2 Å². The Kier molecular flexibility index (Phi) is 9.28. The number of aliphatic hydroxyl groups is 1. The van der Waals surface area contributed by atoms with Crippen molar-refractivity contribution in [2.24, 2.45) is 0 Å². The fourth-order valence-electron chi connectivity index (χ4n) is 5.19. The number of nitrogens with zero attached hydrogens (tertiary/aromatic N) is 3. The molecule has 2 heterocycles. The number of aliphatic hydroxyl groups excluding tert-OH is 1. The number of phenolic OH excluding ortho intramolecular Hbond substituents is 1. The van der Waals surface area contributed by atoms with E-state index in [1.807, 2.05) is 62.4 Å². The largest absolute Gasteiger partial charge is 0.507 e. The van der Waals surface area contributed by atoms with Crippen molar-refractivity contribution in [2.45, 2.75) is 36.6 Å². The number of carbonyl (C=O) groups excluding carboxylic acids is 2. The molecule has 238 valence electrons. The van der Waals surface area contributed by atoms with E-state index in [-0.39, 0.29) is 28.0 Å². The molecule has 1 aliphatic rings. The van der Waals surface area contributed by atoms with Crippen molar-refractivity contribution in [3.8, 4) is 17.2 Å². The highest BCUT2D eigenvalue weighted by Crippen LogP contribution is 2.45. The molecule has 6 rings (SSSR count). The van der Waals surface area contributed by atoms with Crippen molar-refractivity contribution < 1.29 is 29.3 Å². The summed E-state index contributed by atoms with van der Waals surface area (Å²) in [6, 6.07) is 26.2. The van der Waals surface area contributed by atoms with Crippen molar-refractivity contribution in [2.75, 3.05) is 12.0 Å². The van der Waals surface area contributed by atoms with Gasteiger partial charge in [-0.05, 0) is 72.5 Å². The van der Waals surface area contributed by atoms with Crippen LogP contribution < -0.4 is 14.4 Å². The molecule has 1 saturated heterocycles. The van der Waals surface area contributed by atoms with Gasteiger partial charge in [-0.2, -0.15) is 0 Å². The van der Waals surface area contributed by atoms with Crippen molar-refractivity contribution >= 4 is 45.7 Å². The van der Waals surface area contributed by atoms with Crippen molar-refractivity contribution in [3.05, 3.63) is 130 Å². The molecule has 9 nitrogen and oxygen atoms in total. The number of hydrogen-bond acceptors (Lipinski definition) is 10. The molecule has 1 amide bonds. The predicted molar refractivity (Wildman–Crippen MR) is 182 cm³/mol. The van der Waals surface area contributed by atoms with Gasteiger partial charge in [-0.25, -0.2) is 0 Å². The molecule has 0 radical (unpaired) electrons. The summed E-state index contributed by atoms with van der Waals surface area (Å²) in [7, 11) is 1.40. The second-order valence-corrected chi connectivity index (χ2v) is 13.1. The van der Waals surface area contributed by atoms with Crippen LogP contribution in [0.1, 0.15) is 39.4 Å². The first kappa shape index (κ1) is 31.8. The van der Waals surface area contributed by atoms with Gasteiger partial charge in [0, 0.05) is 11.3 Å². The molecule has 1 aliphatic heterocycles. The van der Waals surface area contributed by atoms with Crippen LogP contribution >= 0.6 is 23.1 Å². The third kappa shape index (κ3) is 6.72. The number of aromatic hydroxyl groups is 1. The van der Waals surface area contributed by atoms with E-state index in [4.69, 9.17) is 9.47 Å². The van der Waals surface area contributed by atoms with Crippen LogP contribution in [0.5, 0.6) is 17.2 Å². The van der Waals surface area contributed by atoms with Crippen molar-refractivity contribution in [1.29, 1.82) is 0 Å². The standard InChI is InChI=1S/C36H31N3O6S2/c1-21-8-10-23(11-9-21)20-46-36-38-37-35(47-36)39-31(25-14-17-28(40)29(18-25)44-3)30(33(42)34(39)43)32(41)24-12-15-27(16-13-24)45-19-26-7-5-4-6-22(26)2/h4-18,31,40-41H,19-20H2,1-3H3/b32-30+. The van der Waals surface area contributed by atoms with E-state index in [0.717, 1.165) is 16.7 Å². The van der Waals surface area contributed by atoms with E-state index in [1.54, 1.807) is 30.3 Å². The number of phenols is 1. The van der Waals surface area contributed by atoms with Gasteiger partial charge in [0.2, 0.25) is 5.13 Å². The molecule has 0 aliphatic carbocycles. The minimum absolute atomic E-state index is 0.111. The predicted octanol–water partition coefficient (Wildman–Crippen LogP) is 7.37. The fourth-order valence-corrected chi connectivity index (χ4v) is 7.02. The van der Waals surface area contributed by atoms with Crippen LogP contribution in [0.4, 0.5) is 5.13 Å². The number of carbonyl (C=O) groups is 2. The minimum Gasteiger partial charge on any atom is -0.507 e. The number of thioether (sulfide) groups is 1. The normalized spacial score (nSPS) is 15.6. The number of benzene rings is 4. The maximum Gasteiger partial charge on any atom is 0.301 e. The summed E-state index contributed by atoms with van der Waals surface area (Å²) in [5, 5.41) is 30.6. The fraction of sp³-hybridized carbons (Fsp3) is 0.167. The van der Waals surface area contributed by atoms with Crippen LogP contribution in [0.3, 0.4) is 0 Å². The maximum atomic E-state index is 13.6. The summed E-state index contributed by atoms with van der Waals surface area (Å²) >= 11 is 2.65. The van der Waals surface area contributed by atoms with Gasteiger partial charge in [-0.1, -0.05) is 83.3 Å². The van der Waals surface area contributed by atoms with E-state index in [9.17, 15) is 19.8 Å². The summed E-state index contributed by atoms with van der Waals surface area (Å²) in [6.07, 6.45) is 0. The molecule has 0 saturated carbocycles. The Hall–Kier alpha value is -5.13. The third-order valence-electron chi connectivity index (χ3n) is 7.83. The van der Waals surface area contributed by atoms with Crippen molar-refractivity contribution in [3.63, 3.8) is 0 Å². The zero-order chi connectivity index (χ0) is 33.1. The second-order valence-electron chi connectivity index (χ2n) is 11.0. The molecule has 0 bridgehead atoms. The van der Waals surface area contributed by atoms with Gasteiger partial charge in [0.15, 0.2) is 15.8 Å². The van der Waals surface area contributed by atoms with Gasteiger partial charge in [-0.3, -0.25) is 14.5 Å². The quantitative estimate of drug-likeness (QED) is 0.0518. The molecule has 2 N–H and O–H groups in total. The number of anilines is 1. The second kappa shape index (κ2) is 13.7. The molecule has 47 heavy (non-hydrogen) atoms. The van der Waals surface area contributed by atoms with Gasteiger partial charge in [0.25, 0.3) is 5.78 Å². The van der Waals surface area contributed by atoms with Gasteiger partial charge in [0.1, 0.15) is 18.1 Å². The molecular weight excluding hydrogens is 635 g/mol. The minimum atomic E-state index is -1.07. The molecule has 1 atom stereocenters. The molecular formula is C36H31N3O6S2. The van der Waals surface area contributed by atoms with E-state index in [0.29, 0.717) is 33.6 Å². The Morgan fingerprint density at radius 1 is 0.957 bits per heavy atom. The molecule has 11 heteroatoms. The van der Waals surface area contributed by atoms with Crippen LogP contribution in [-0.4, -0.2) is 39.2 Å². The lowest BCUT2D eigenvalue weighted by molar-refractivity contribution is -0.132. The Morgan fingerprint density at radius 2 is 1.70 bits per heavy atom.